The highest BCUT2D eigenvalue weighted by Gasteiger charge is 2.28. The van der Waals surface area contributed by atoms with E-state index >= 15 is 0 Å². The molecule has 2 rings (SSSR count). The fourth-order valence-electron chi connectivity index (χ4n) is 2.25. The fraction of sp³-hybridized carbons (Fsp3) is 0.500. The lowest BCUT2D eigenvalue weighted by Crippen LogP contribution is -2.50. The zero-order chi connectivity index (χ0) is 15.4. The zero-order valence-corrected chi connectivity index (χ0v) is 14.5. The Morgan fingerprint density at radius 1 is 1.50 bits per heavy atom. The second kappa shape index (κ2) is 8.91. The van der Waals surface area contributed by atoms with Gasteiger partial charge in [0.05, 0.1) is 29.8 Å². The van der Waals surface area contributed by atoms with Crippen LogP contribution >= 0.6 is 35.6 Å². The normalized spacial score (nSPS) is 19.5. The van der Waals surface area contributed by atoms with Crippen LogP contribution in [-0.2, 0) is 14.3 Å². The Bertz CT molecular complexity index is 516. The predicted molar refractivity (Wildman–Crippen MR) is 88.8 cm³/mol. The van der Waals surface area contributed by atoms with Crippen molar-refractivity contribution < 1.29 is 14.3 Å². The van der Waals surface area contributed by atoms with Crippen molar-refractivity contribution in [3.8, 4) is 0 Å². The highest BCUT2D eigenvalue weighted by molar-refractivity contribution is 6.42. The molecule has 0 spiro atoms. The number of carbonyl (C=O) groups excluding carboxylic acids is 1. The molecule has 1 saturated heterocycles. The molecule has 8 heteroatoms. The fourth-order valence-corrected chi connectivity index (χ4v) is 2.56. The molecule has 2 N–H and O–H groups in total. The molecule has 1 aliphatic rings. The Hall–Kier alpha value is -0.560. The summed E-state index contributed by atoms with van der Waals surface area (Å²) < 4.78 is 10.6. The van der Waals surface area contributed by atoms with Crippen LogP contribution < -0.4 is 5.73 Å². The maximum absolute atomic E-state index is 12.2. The standard InChI is InChI=1S/C14H18Cl2N2O3.ClH/c1-20-8-12(17)14(19)18-4-5-21-13(7-18)9-2-3-10(15)11(16)6-9;/h2-3,6,12-13H,4-5,7-8,17H2,1H3;1H. The Morgan fingerprint density at radius 3 is 2.86 bits per heavy atom. The number of benzene rings is 1. The van der Waals surface area contributed by atoms with Crippen LogP contribution in [0.2, 0.25) is 10.0 Å². The van der Waals surface area contributed by atoms with Gasteiger partial charge in [-0.3, -0.25) is 4.79 Å². The van der Waals surface area contributed by atoms with Gasteiger partial charge in [0, 0.05) is 13.7 Å². The third kappa shape index (κ3) is 4.72. The summed E-state index contributed by atoms with van der Waals surface area (Å²) in [7, 11) is 1.52. The minimum absolute atomic E-state index is 0. The van der Waals surface area contributed by atoms with Crippen molar-refractivity contribution in [1.82, 2.24) is 4.90 Å². The smallest absolute Gasteiger partial charge is 0.242 e. The van der Waals surface area contributed by atoms with E-state index in [1.165, 1.54) is 7.11 Å². The van der Waals surface area contributed by atoms with Crippen LogP contribution in [0.4, 0.5) is 0 Å². The molecule has 0 aliphatic carbocycles. The van der Waals surface area contributed by atoms with Gasteiger partial charge in [0.15, 0.2) is 0 Å². The lowest BCUT2D eigenvalue weighted by atomic mass is 10.1. The summed E-state index contributed by atoms with van der Waals surface area (Å²) in [6.07, 6.45) is -0.229. The number of nitrogens with zero attached hydrogens (tertiary/aromatic N) is 1. The number of carbonyl (C=O) groups is 1. The number of methoxy groups -OCH3 is 1. The van der Waals surface area contributed by atoms with Crippen LogP contribution in [0, 0.1) is 0 Å². The quantitative estimate of drug-likeness (QED) is 0.884. The van der Waals surface area contributed by atoms with Gasteiger partial charge in [0.1, 0.15) is 12.1 Å². The number of amides is 1. The predicted octanol–water partition coefficient (Wildman–Crippen LogP) is 2.29. The molecular weight excluding hydrogens is 351 g/mol. The van der Waals surface area contributed by atoms with Crippen molar-refractivity contribution in [2.24, 2.45) is 5.73 Å². The lowest BCUT2D eigenvalue weighted by Gasteiger charge is -2.34. The Balaban J connectivity index is 0.00000242. The van der Waals surface area contributed by atoms with Crippen LogP contribution in [0.25, 0.3) is 0 Å². The van der Waals surface area contributed by atoms with Crippen LogP contribution in [0.1, 0.15) is 11.7 Å². The van der Waals surface area contributed by atoms with E-state index in [1.807, 2.05) is 6.07 Å². The maximum Gasteiger partial charge on any atom is 0.242 e. The topological polar surface area (TPSA) is 64.8 Å². The minimum Gasteiger partial charge on any atom is -0.383 e. The number of hydrogen-bond acceptors (Lipinski definition) is 4. The average molecular weight is 370 g/mol. The van der Waals surface area contributed by atoms with E-state index in [1.54, 1.807) is 17.0 Å². The van der Waals surface area contributed by atoms with Crippen molar-refractivity contribution in [1.29, 1.82) is 0 Å². The Morgan fingerprint density at radius 2 is 2.23 bits per heavy atom. The van der Waals surface area contributed by atoms with Gasteiger partial charge in [-0.15, -0.1) is 12.4 Å². The van der Waals surface area contributed by atoms with E-state index in [-0.39, 0.29) is 31.0 Å². The van der Waals surface area contributed by atoms with E-state index in [4.69, 9.17) is 38.4 Å². The summed E-state index contributed by atoms with van der Waals surface area (Å²) in [5.74, 6) is -0.134. The second-order valence-electron chi connectivity index (χ2n) is 4.88. The molecule has 5 nitrogen and oxygen atoms in total. The maximum atomic E-state index is 12.2. The summed E-state index contributed by atoms with van der Waals surface area (Å²) >= 11 is 11.9. The van der Waals surface area contributed by atoms with Crippen LogP contribution in [0.5, 0.6) is 0 Å². The van der Waals surface area contributed by atoms with E-state index in [0.29, 0.717) is 29.7 Å². The van der Waals surface area contributed by atoms with Crippen molar-refractivity contribution in [2.75, 3.05) is 33.4 Å². The SMILES string of the molecule is COCC(N)C(=O)N1CCOC(c2ccc(Cl)c(Cl)c2)C1.Cl. The molecule has 0 radical (unpaired) electrons. The van der Waals surface area contributed by atoms with Gasteiger partial charge < -0.3 is 20.1 Å². The number of ether oxygens (including phenoxy) is 2. The zero-order valence-electron chi connectivity index (χ0n) is 12.1. The first-order chi connectivity index (χ1) is 10.0. The number of hydrogen-bond donors (Lipinski definition) is 1. The van der Waals surface area contributed by atoms with E-state index in [0.717, 1.165) is 5.56 Å². The second-order valence-corrected chi connectivity index (χ2v) is 5.69. The first-order valence-electron chi connectivity index (χ1n) is 6.62. The summed E-state index contributed by atoms with van der Waals surface area (Å²) in [5.41, 5.74) is 6.68. The van der Waals surface area contributed by atoms with Crippen molar-refractivity contribution >= 4 is 41.5 Å². The van der Waals surface area contributed by atoms with Gasteiger partial charge in [0.2, 0.25) is 5.91 Å². The molecule has 1 aromatic rings. The third-order valence-electron chi connectivity index (χ3n) is 3.36. The van der Waals surface area contributed by atoms with Crippen molar-refractivity contribution in [2.45, 2.75) is 12.1 Å². The van der Waals surface area contributed by atoms with E-state index < -0.39 is 6.04 Å². The molecule has 1 aliphatic heterocycles. The summed E-state index contributed by atoms with van der Waals surface area (Å²) in [6.45, 7) is 1.62. The Kier molecular flexibility index (Phi) is 7.89. The molecule has 0 bridgehead atoms. The van der Waals surface area contributed by atoms with Crippen LogP contribution in [0.3, 0.4) is 0 Å². The molecular formula is C14H19Cl3N2O3. The lowest BCUT2D eigenvalue weighted by molar-refractivity contribution is -0.141. The van der Waals surface area contributed by atoms with Crippen molar-refractivity contribution in [3.63, 3.8) is 0 Å². The molecule has 2 unspecified atom stereocenters. The molecule has 0 saturated carbocycles. The molecule has 22 heavy (non-hydrogen) atoms. The monoisotopic (exact) mass is 368 g/mol. The molecule has 1 amide bonds. The van der Waals surface area contributed by atoms with Gasteiger partial charge in [-0.1, -0.05) is 29.3 Å². The molecule has 1 aromatic carbocycles. The highest BCUT2D eigenvalue weighted by Crippen LogP contribution is 2.29. The van der Waals surface area contributed by atoms with Gasteiger partial charge in [0.25, 0.3) is 0 Å². The Labute approximate surface area is 146 Å². The molecule has 2 atom stereocenters. The third-order valence-corrected chi connectivity index (χ3v) is 4.10. The van der Waals surface area contributed by atoms with E-state index in [2.05, 4.69) is 0 Å². The molecule has 1 fully saturated rings. The molecule has 124 valence electrons. The van der Waals surface area contributed by atoms with E-state index in [9.17, 15) is 4.79 Å². The van der Waals surface area contributed by atoms with Gasteiger partial charge in [-0.2, -0.15) is 0 Å². The summed E-state index contributed by atoms with van der Waals surface area (Å²) in [5, 5.41) is 0.962. The summed E-state index contributed by atoms with van der Waals surface area (Å²) in [4.78, 5) is 13.9. The number of nitrogens with two attached hydrogens (primary N) is 1. The number of morpholine rings is 1. The average Bonchev–Trinajstić information content (AvgIpc) is 2.49. The van der Waals surface area contributed by atoms with Gasteiger partial charge in [-0.05, 0) is 17.7 Å². The van der Waals surface area contributed by atoms with Crippen LogP contribution in [-0.4, -0.2) is 50.3 Å². The highest BCUT2D eigenvalue weighted by atomic mass is 35.5. The van der Waals surface area contributed by atoms with Crippen LogP contribution in [0.15, 0.2) is 18.2 Å². The minimum atomic E-state index is -0.650. The first-order valence-corrected chi connectivity index (χ1v) is 7.38. The molecule has 1 heterocycles. The van der Waals surface area contributed by atoms with Crippen molar-refractivity contribution in [3.05, 3.63) is 33.8 Å². The first kappa shape index (κ1) is 19.5. The largest absolute Gasteiger partial charge is 0.383 e. The molecule has 0 aromatic heterocycles. The number of rotatable bonds is 4. The summed E-state index contributed by atoms with van der Waals surface area (Å²) in [6, 6.07) is 4.68. The van der Waals surface area contributed by atoms with Gasteiger partial charge in [-0.25, -0.2) is 0 Å². The number of halogens is 3. The van der Waals surface area contributed by atoms with Gasteiger partial charge >= 0.3 is 0 Å².